The van der Waals surface area contributed by atoms with Gasteiger partial charge in [-0.15, -0.1) is 0 Å². The zero-order valence-corrected chi connectivity index (χ0v) is 15.6. The fourth-order valence-electron chi connectivity index (χ4n) is 3.10. The fraction of sp³-hybridized carbons (Fsp3) is 0.400. The minimum Gasteiger partial charge on any atom is -0.462 e. The van der Waals surface area contributed by atoms with E-state index in [0.717, 1.165) is 25.3 Å². The summed E-state index contributed by atoms with van der Waals surface area (Å²) < 4.78 is 4.94. The third-order valence-electron chi connectivity index (χ3n) is 4.51. The summed E-state index contributed by atoms with van der Waals surface area (Å²) in [7, 11) is 0. The zero-order valence-electron chi connectivity index (χ0n) is 15.6. The molecule has 1 N–H and O–H groups in total. The number of aromatic nitrogens is 2. The van der Waals surface area contributed by atoms with Gasteiger partial charge in [-0.05, 0) is 49.9 Å². The molecule has 1 fully saturated rings. The summed E-state index contributed by atoms with van der Waals surface area (Å²) in [5, 5.41) is 2.76. The van der Waals surface area contributed by atoms with Crippen LogP contribution in [0.15, 0.2) is 36.7 Å². The molecule has 0 aliphatic carbocycles. The van der Waals surface area contributed by atoms with E-state index in [1.807, 2.05) is 0 Å². The molecule has 0 bridgehead atoms. The van der Waals surface area contributed by atoms with Crippen LogP contribution in [0.4, 0.5) is 11.5 Å². The number of nitrogens with one attached hydrogen (secondary N) is 1. The lowest BCUT2D eigenvalue weighted by Crippen LogP contribution is -2.35. The van der Waals surface area contributed by atoms with E-state index < -0.39 is 0 Å². The third-order valence-corrected chi connectivity index (χ3v) is 4.51. The number of ether oxygens (including phenoxy) is 1. The van der Waals surface area contributed by atoms with Crippen LogP contribution in [0.3, 0.4) is 0 Å². The summed E-state index contributed by atoms with van der Waals surface area (Å²) in [6, 6.07) is 6.53. The molecule has 0 saturated carbocycles. The van der Waals surface area contributed by atoms with E-state index in [4.69, 9.17) is 4.74 Å². The molecule has 1 aromatic carbocycles. The Morgan fingerprint density at radius 1 is 1.22 bits per heavy atom. The average molecular weight is 368 g/mol. The lowest BCUT2D eigenvalue weighted by atomic mass is 10.0. The van der Waals surface area contributed by atoms with E-state index in [1.54, 1.807) is 37.4 Å². The molecule has 1 aliphatic heterocycles. The summed E-state index contributed by atoms with van der Waals surface area (Å²) in [4.78, 5) is 34.9. The Balaban J connectivity index is 1.61. The number of esters is 1. The van der Waals surface area contributed by atoms with Crippen LogP contribution in [-0.4, -0.2) is 41.5 Å². The lowest BCUT2D eigenvalue weighted by Gasteiger charge is -2.31. The second-order valence-corrected chi connectivity index (χ2v) is 6.71. The molecule has 3 rings (SSSR count). The van der Waals surface area contributed by atoms with Crippen LogP contribution < -0.4 is 10.2 Å². The minimum atomic E-state index is -0.385. The van der Waals surface area contributed by atoms with E-state index in [1.165, 1.54) is 12.6 Å². The fourth-order valence-corrected chi connectivity index (χ4v) is 3.10. The number of benzene rings is 1. The van der Waals surface area contributed by atoms with Gasteiger partial charge in [0, 0.05) is 18.8 Å². The smallest absolute Gasteiger partial charge is 0.338 e. The maximum absolute atomic E-state index is 12.4. The first-order valence-corrected chi connectivity index (χ1v) is 9.22. The highest BCUT2D eigenvalue weighted by Crippen LogP contribution is 2.20. The summed E-state index contributed by atoms with van der Waals surface area (Å²) in [6.45, 7) is 6.24. The molecular formula is C20H24N4O3. The van der Waals surface area contributed by atoms with Crippen molar-refractivity contribution in [2.24, 2.45) is 5.92 Å². The molecule has 2 heterocycles. The van der Waals surface area contributed by atoms with E-state index >= 15 is 0 Å². The molecule has 27 heavy (non-hydrogen) atoms. The first-order chi connectivity index (χ1) is 13.1. The van der Waals surface area contributed by atoms with Gasteiger partial charge in [-0.1, -0.05) is 6.92 Å². The molecule has 1 saturated heterocycles. The largest absolute Gasteiger partial charge is 0.462 e. The van der Waals surface area contributed by atoms with Crippen molar-refractivity contribution in [3.63, 3.8) is 0 Å². The van der Waals surface area contributed by atoms with Crippen LogP contribution in [0.1, 0.15) is 47.5 Å². The van der Waals surface area contributed by atoms with Gasteiger partial charge in [0.05, 0.1) is 24.6 Å². The Morgan fingerprint density at radius 2 is 2.00 bits per heavy atom. The van der Waals surface area contributed by atoms with Crippen molar-refractivity contribution in [1.82, 2.24) is 9.97 Å². The number of anilines is 2. The molecule has 1 aromatic heterocycles. The molecule has 0 spiro atoms. The zero-order chi connectivity index (χ0) is 19.2. The monoisotopic (exact) mass is 368 g/mol. The topological polar surface area (TPSA) is 84.4 Å². The van der Waals surface area contributed by atoms with Gasteiger partial charge in [0.15, 0.2) is 0 Å². The first-order valence-electron chi connectivity index (χ1n) is 9.22. The van der Waals surface area contributed by atoms with Crippen molar-refractivity contribution in [2.75, 3.05) is 29.9 Å². The highest BCUT2D eigenvalue weighted by Gasteiger charge is 2.18. The van der Waals surface area contributed by atoms with E-state index in [9.17, 15) is 9.59 Å². The van der Waals surface area contributed by atoms with E-state index in [2.05, 4.69) is 27.1 Å². The number of carbonyl (C=O) groups is 2. The second-order valence-electron chi connectivity index (χ2n) is 6.71. The SMILES string of the molecule is CCOC(=O)c1ccc(NC(=O)c2cnc(N3CCCC(C)C3)cn2)cc1. The van der Waals surface area contributed by atoms with Gasteiger partial charge in [-0.25, -0.2) is 14.8 Å². The molecular weight excluding hydrogens is 344 g/mol. The van der Waals surface area contributed by atoms with Gasteiger partial charge in [-0.3, -0.25) is 4.79 Å². The minimum absolute atomic E-state index is 0.248. The van der Waals surface area contributed by atoms with Crippen molar-refractivity contribution in [3.05, 3.63) is 47.9 Å². The maximum Gasteiger partial charge on any atom is 0.338 e. The lowest BCUT2D eigenvalue weighted by molar-refractivity contribution is 0.0526. The number of carbonyl (C=O) groups excluding carboxylic acids is 2. The van der Waals surface area contributed by atoms with E-state index in [-0.39, 0.29) is 17.6 Å². The van der Waals surface area contributed by atoms with Crippen molar-refractivity contribution < 1.29 is 14.3 Å². The van der Waals surface area contributed by atoms with Crippen molar-refractivity contribution in [3.8, 4) is 0 Å². The molecule has 1 atom stereocenters. The quantitative estimate of drug-likeness (QED) is 0.816. The van der Waals surface area contributed by atoms with Crippen molar-refractivity contribution in [2.45, 2.75) is 26.7 Å². The van der Waals surface area contributed by atoms with Gasteiger partial charge in [0.2, 0.25) is 0 Å². The van der Waals surface area contributed by atoms with Crippen LogP contribution in [-0.2, 0) is 4.74 Å². The van der Waals surface area contributed by atoms with Gasteiger partial charge in [0.1, 0.15) is 11.5 Å². The standard InChI is InChI=1S/C20H24N4O3/c1-3-27-20(26)15-6-8-16(9-7-15)23-19(25)17-11-22-18(12-21-17)24-10-4-5-14(2)13-24/h6-9,11-12,14H,3-5,10,13H2,1-2H3,(H,23,25). The Bertz CT molecular complexity index is 790. The van der Waals surface area contributed by atoms with Crippen LogP contribution in [0.2, 0.25) is 0 Å². The molecule has 7 nitrogen and oxygen atoms in total. The van der Waals surface area contributed by atoms with Crippen LogP contribution in [0, 0.1) is 5.92 Å². The molecule has 142 valence electrons. The number of nitrogens with zero attached hydrogens (tertiary/aromatic N) is 3. The van der Waals surface area contributed by atoms with Gasteiger partial charge in [0.25, 0.3) is 5.91 Å². The van der Waals surface area contributed by atoms with Crippen LogP contribution in [0.25, 0.3) is 0 Å². The number of rotatable bonds is 5. The first kappa shape index (κ1) is 18.8. The number of piperidine rings is 1. The Labute approximate surface area is 158 Å². The summed E-state index contributed by atoms with van der Waals surface area (Å²) in [5.74, 6) is 0.715. The molecule has 7 heteroatoms. The summed E-state index contributed by atoms with van der Waals surface area (Å²) in [6.07, 6.45) is 5.53. The van der Waals surface area contributed by atoms with E-state index in [0.29, 0.717) is 23.8 Å². The number of amides is 1. The molecule has 1 aliphatic rings. The molecule has 1 unspecified atom stereocenters. The molecule has 1 amide bonds. The van der Waals surface area contributed by atoms with Crippen molar-refractivity contribution >= 4 is 23.4 Å². The number of hydrogen-bond acceptors (Lipinski definition) is 6. The van der Waals surface area contributed by atoms with Crippen LogP contribution in [0.5, 0.6) is 0 Å². The van der Waals surface area contributed by atoms with Crippen LogP contribution >= 0.6 is 0 Å². The maximum atomic E-state index is 12.4. The van der Waals surface area contributed by atoms with Gasteiger partial charge in [-0.2, -0.15) is 0 Å². The van der Waals surface area contributed by atoms with Gasteiger partial charge >= 0.3 is 5.97 Å². The van der Waals surface area contributed by atoms with Gasteiger partial charge < -0.3 is 15.0 Å². The highest BCUT2D eigenvalue weighted by atomic mass is 16.5. The Morgan fingerprint density at radius 3 is 2.63 bits per heavy atom. The predicted molar refractivity (Wildman–Crippen MR) is 103 cm³/mol. The molecule has 0 radical (unpaired) electrons. The summed E-state index contributed by atoms with van der Waals surface area (Å²) >= 11 is 0. The normalized spacial score (nSPS) is 16.7. The summed E-state index contributed by atoms with van der Waals surface area (Å²) in [5.41, 5.74) is 1.26. The average Bonchev–Trinajstić information content (AvgIpc) is 2.69. The third kappa shape index (κ3) is 4.81. The predicted octanol–water partition coefficient (Wildman–Crippen LogP) is 3.14. The second kappa shape index (κ2) is 8.62. The number of hydrogen-bond donors (Lipinski definition) is 1. The highest BCUT2D eigenvalue weighted by molar-refractivity contribution is 6.03. The van der Waals surface area contributed by atoms with Crippen molar-refractivity contribution in [1.29, 1.82) is 0 Å². The molecule has 2 aromatic rings. The Kier molecular flexibility index (Phi) is 6.01. The Hall–Kier alpha value is -2.96.